The Hall–Kier alpha value is -1.03. The van der Waals surface area contributed by atoms with Gasteiger partial charge in [0.05, 0.1) is 5.92 Å². The van der Waals surface area contributed by atoms with Gasteiger partial charge in [-0.3, -0.25) is 0 Å². The van der Waals surface area contributed by atoms with Crippen molar-refractivity contribution < 1.29 is 13.2 Å². The largest absolute Gasteiger partial charge is 0.391 e. The summed E-state index contributed by atoms with van der Waals surface area (Å²) in [6.07, 6.45) is -0.856. The van der Waals surface area contributed by atoms with E-state index in [-0.39, 0.29) is 12.5 Å². The molecular formula is C16H20F3N. The molecule has 1 aromatic carbocycles. The van der Waals surface area contributed by atoms with Crippen LogP contribution in [0.2, 0.25) is 0 Å². The number of halogens is 3. The molecule has 2 aliphatic rings. The lowest BCUT2D eigenvalue weighted by Crippen LogP contribution is -2.40. The topological polar surface area (TPSA) is 12.0 Å². The van der Waals surface area contributed by atoms with Gasteiger partial charge in [0.25, 0.3) is 0 Å². The highest BCUT2D eigenvalue weighted by molar-refractivity contribution is 5.27. The fourth-order valence-electron chi connectivity index (χ4n) is 3.39. The summed E-state index contributed by atoms with van der Waals surface area (Å²) < 4.78 is 38.3. The predicted octanol–water partition coefficient (Wildman–Crippen LogP) is 4.25. The molecule has 110 valence electrons. The number of rotatable bonds is 3. The molecule has 2 aliphatic carbocycles. The second-order valence-corrected chi connectivity index (χ2v) is 6.13. The van der Waals surface area contributed by atoms with Gasteiger partial charge in [-0.05, 0) is 31.2 Å². The Morgan fingerprint density at radius 2 is 1.75 bits per heavy atom. The van der Waals surface area contributed by atoms with E-state index < -0.39 is 12.1 Å². The quantitative estimate of drug-likeness (QED) is 0.874. The van der Waals surface area contributed by atoms with Gasteiger partial charge >= 0.3 is 6.18 Å². The second kappa shape index (κ2) is 5.40. The van der Waals surface area contributed by atoms with Crippen molar-refractivity contribution in [3.8, 4) is 0 Å². The van der Waals surface area contributed by atoms with Gasteiger partial charge in [0, 0.05) is 18.0 Å². The van der Waals surface area contributed by atoms with E-state index in [4.69, 9.17) is 0 Å². The maximum Gasteiger partial charge on any atom is 0.391 e. The van der Waals surface area contributed by atoms with Crippen molar-refractivity contribution in [2.45, 2.75) is 56.3 Å². The van der Waals surface area contributed by atoms with E-state index in [9.17, 15) is 13.2 Å². The van der Waals surface area contributed by atoms with Crippen LogP contribution in [0.25, 0.3) is 0 Å². The highest BCUT2D eigenvalue weighted by Crippen LogP contribution is 2.43. The van der Waals surface area contributed by atoms with Gasteiger partial charge in [0.15, 0.2) is 0 Å². The van der Waals surface area contributed by atoms with Gasteiger partial charge in [-0.1, -0.05) is 36.8 Å². The molecule has 2 fully saturated rings. The molecule has 0 aliphatic heterocycles. The van der Waals surface area contributed by atoms with Crippen LogP contribution in [0.3, 0.4) is 0 Å². The Balaban J connectivity index is 1.52. The molecule has 0 bridgehead atoms. The molecule has 20 heavy (non-hydrogen) atoms. The average molecular weight is 283 g/mol. The van der Waals surface area contributed by atoms with Crippen molar-refractivity contribution >= 4 is 0 Å². The lowest BCUT2D eigenvalue weighted by molar-refractivity contribution is -0.183. The number of hydrogen-bond acceptors (Lipinski definition) is 1. The first-order valence-corrected chi connectivity index (χ1v) is 7.42. The Morgan fingerprint density at radius 1 is 1.00 bits per heavy atom. The molecule has 1 nitrogen and oxygen atoms in total. The molecule has 0 radical (unpaired) electrons. The van der Waals surface area contributed by atoms with Crippen molar-refractivity contribution in [2.75, 3.05) is 0 Å². The fourth-order valence-corrected chi connectivity index (χ4v) is 3.39. The van der Waals surface area contributed by atoms with Crippen LogP contribution in [0.15, 0.2) is 30.3 Å². The van der Waals surface area contributed by atoms with Crippen LogP contribution in [-0.4, -0.2) is 18.3 Å². The van der Waals surface area contributed by atoms with E-state index in [0.29, 0.717) is 24.8 Å². The van der Waals surface area contributed by atoms with Crippen molar-refractivity contribution in [1.82, 2.24) is 5.32 Å². The zero-order chi connectivity index (χ0) is 14.2. The molecule has 4 heteroatoms. The molecular weight excluding hydrogens is 263 g/mol. The molecule has 4 atom stereocenters. The van der Waals surface area contributed by atoms with E-state index in [1.54, 1.807) is 0 Å². The van der Waals surface area contributed by atoms with Crippen molar-refractivity contribution in [1.29, 1.82) is 0 Å². The fraction of sp³-hybridized carbons (Fsp3) is 0.625. The Morgan fingerprint density at radius 3 is 2.45 bits per heavy atom. The third-order valence-corrected chi connectivity index (χ3v) is 4.61. The summed E-state index contributed by atoms with van der Waals surface area (Å²) in [5.41, 5.74) is 1.30. The molecule has 2 saturated carbocycles. The number of hydrogen-bond donors (Lipinski definition) is 1. The molecule has 1 aromatic rings. The van der Waals surface area contributed by atoms with Gasteiger partial charge in [-0.2, -0.15) is 13.2 Å². The average Bonchev–Trinajstić information content (AvgIpc) is 3.18. The third kappa shape index (κ3) is 3.17. The van der Waals surface area contributed by atoms with E-state index in [1.165, 1.54) is 5.56 Å². The Labute approximate surface area is 117 Å². The zero-order valence-electron chi connectivity index (χ0n) is 11.4. The first-order valence-electron chi connectivity index (χ1n) is 7.42. The number of benzene rings is 1. The van der Waals surface area contributed by atoms with E-state index >= 15 is 0 Å². The summed E-state index contributed by atoms with van der Waals surface area (Å²) in [4.78, 5) is 0. The smallest absolute Gasteiger partial charge is 0.311 e. The standard InChI is InChI=1S/C16H20F3N/c17-16(18,19)12-7-4-8-13(9-12)20-15-10-14(15)11-5-2-1-3-6-11/h1-3,5-6,12-15,20H,4,7-10H2. The molecule has 3 rings (SSSR count). The summed E-state index contributed by atoms with van der Waals surface area (Å²) in [5.74, 6) is -0.620. The molecule has 0 spiro atoms. The third-order valence-electron chi connectivity index (χ3n) is 4.61. The van der Waals surface area contributed by atoms with Gasteiger partial charge in [-0.15, -0.1) is 0 Å². The number of nitrogens with one attached hydrogen (secondary N) is 1. The SMILES string of the molecule is FC(F)(F)C1CCCC(NC2CC2c2ccccc2)C1. The highest BCUT2D eigenvalue weighted by atomic mass is 19.4. The monoisotopic (exact) mass is 283 g/mol. The minimum Gasteiger partial charge on any atom is -0.311 e. The van der Waals surface area contributed by atoms with Crippen LogP contribution in [-0.2, 0) is 0 Å². The van der Waals surface area contributed by atoms with Crippen LogP contribution in [0.1, 0.15) is 43.6 Å². The van der Waals surface area contributed by atoms with E-state index in [2.05, 4.69) is 17.4 Å². The maximum atomic E-state index is 12.8. The molecule has 0 heterocycles. The van der Waals surface area contributed by atoms with Crippen molar-refractivity contribution in [2.24, 2.45) is 5.92 Å². The van der Waals surface area contributed by atoms with Crippen LogP contribution >= 0.6 is 0 Å². The van der Waals surface area contributed by atoms with Gasteiger partial charge < -0.3 is 5.32 Å². The lowest BCUT2D eigenvalue weighted by atomic mass is 9.85. The normalized spacial score (nSPS) is 34.0. The first-order chi connectivity index (χ1) is 9.54. The van der Waals surface area contributed by atoms with Crippen LogP contribution in [0.5, 0.6) is 0 Å². The molecule has 4 unspecified atom stereocenters. The van der Waals surface area contributed by atoms with Gasteiger partial charge in [-0.25, -0.2) is 0 Å². The number of alkyl halides is 3. The summed E-state index contributed by atoms with van der Waals surface area (Å²) in [6, 6.07) is 10.6. The zero-order valence-corrected chi connectivity index (χ0v) is 11.4. The molecule has 0 saturated heterocycles. The van der Waals surface area contributed by atoms with Crippen molar-refractivity contribution in [3.05, 3.63) is 35.9 Å². The van der Waals surface area contributed by atoms with Gasteiger partial charge in [0.1, 0.15) is 0 Å². The van der Waals surface area contributed by atoms with Gasteiger partial charge in [0.2, 0.25) is 0 Å². The second-order valence-electron chi connectivity index (χ2n) is 6.13. The molecule has 1 N–H and O–H groups in total. The summed E-state index contributed by atoms with van der Waals surface area (Å²) >= 11 is 0. The summed E-state index contributed by atoms with van der Waals surface area (Å²) in [7, 11) is 0. The van der Waals surface area contributed by atoms with Crippen LogP contribution in [0, 0.1) is 5.92 Å². The van der Waals surface area contributed by atoms with Crippen LogP contribution in [0.4, 0.5) is 13.2 Å². The first kappa shape index (κ1) is 13.9. The minimum atomic E-state index is -4.03. The summed E-state index contributed by atoms with van der Waals surface area (Å²) in [5, 5.41) is 3.44. The summed E-state index contributed by atoms with van der Waals surface area (Å²) in [6.45, 7) is 0. The molecule has 0 amide bonds. The van der Waals surface area contributed by atoms with Crippen LogP contribution < -0.4 is 5.32 Å². The van der Waals surface area contributed by atoms with E-state index in [0.717, 1.165) is 12.8 Å². The minimum absolute atomic E-state index is 0.0362. The van der Waals surface area contributed by atoms with Crippen molar-refractivity contribution in [3.63, 3.8) is 0 Å². The molecule has 0 aromatic heterocycles. The maximum absolute atomic E-state index is 12.8. The Kier molecular flexibility index (Phi) is 3.76. The lowest BCUT2D eigenvalue weighted by Gasteiger charge is -2.31. The van der Waals surface area contributed by atoms with E-state index in [1.807, 2.05) is 18.2 Å². The Bertz CT molecular complexity index is 443. The highest BCUT2D eigenvalue weighted by Gasteiger charge is 2.44. The predicted molar refractivity (Wildman–Crippen MR) is 72.5 cm³/mol.